The molecule has 2 heteroatoms. The first-order valence-electron chi connectivity index (χ1n) is 14.1. The van der Waals surface area contributed by atoms with Crippen molar-refractivity contribution in [2.45, 2.75) is 6.92 Å². The van der Waals surface area contributed by atoms with E-state index in [2.05, 4.69) is 156 Å². The van der Waals surface area contributed by atoms with E-state index in [1.54, 1.807) is 0 Å². The van der Waals surface area contributed by atoms with Gasteiger partial charge in [-0.2, -0.15) is 0 Å². The Morgan fingerprint density at radius 2 is 1.05 bits per heavy atom. The third kappa shape index (κ3) is 3.25. The van der Waals surface area contributed by atoms with E-state index >= 15 is 0 Å². The van der Waals surface area contributed by atoms with Crippen molar-refractivity contribution in [3.8, 4) is 11.4 Å². The number of hydrogen-bond acceptors (Lipinski definition) is 0. The Labute approximate surface area is 238 Å². The normalized spacial score (nSPS) is 12.0. The van der Waals surface area contributed by atoms with Crippen LogP contribution in [0, 0.1) is 0 Å². The molecule has 2 aromatic heterocycles. The molecular formula is C39H28N2. The lowest BCUT2D eigenvalue weighted by Gasteiger charge is -2.14. The standard InChI is InChI=1S/C39H28N2/c1-3-15-30-28(4-2)29-20-11-12-21-31(29)39-37(30)38-35(41(39)27-18-9-6-10-19-27)25-24-34-36(38)32-22-13-14-23-33(32)40(34)26-16-7-5-8-17-26/h3-25H,2H2,1H3/b15-3-. The number of rotatable bonds is 4. The van der Waals surface area contributed by atoms with Crippen LogP contribution in [0.2, 0.25) is 0 Å². The van der Waals surface area contributed by atoms with Crippen molar-refractivity contribution in [1.82, 2.24) is 9.13 Å². The molecule has 0 saturated heterocycles. The predicted molar refractivity (Wildman–Crippen MR) is 177 cm³/mol. The minimum atomic E-state index is 1.15. The summed E-state index contributed by atoms with van der Waals surface area (Å²) in [6, 6.07) is 43.6. The Bertz CT molecular complexity index is 2310. The lowest BCUT2D eigenvalue weighted by Crippen LogP contribution is -1.96. The summed E-state index contributed by atoms with van der Waals surface area (Å²) >= 11 is 0. The molecule has 194 valence electrons. The van der Waals surface area contributed by atoms with Crippen molar-refractivity contribution in [1.29, 1.82) is 0 Å². The van der Waals surface area contributed by atoms with Crippen LogP contribution in [0.3, 0.4) is 0 Å². The molecule has 0 atom stereocenters. The highest BCUT2D eigenvalue weighted by molar-refractivity contribution is 6.33. The molecule has 41 heavy (non-hydrogen) atoms. The van der Waals surface area contributed by atoms with Gasteiger partial charge >= 0.3 is 0 Å². The second kappa shape index (κ2) is 9.11. The maximum absolute atomic E-state index is 4.29. The number of benzene rings is 6. The molecule has 6 aromatic carbocycles. The molecule has 0 unspecified atom stereocenters. The van der Waals surface area contributed by atoms with Gasteiger partial charge in [-0.3, -0.25) is 0 Å². The summed E-state index contributed by atoms with van der Waals surface area (Å²) in [5.41, 5.74) is 9.53. The van der Waals surface area contributed by atoms with Gasteiger partial charge in [-0.15, -0.1) is 0 Å². The zero-order valence-corrected chi connectivity index (χ0v) is 22.9. The van der Waals surface area contributed by atoms with Crippen molar-refractivity contribution in [2.75, 3.05) is 0 Å². The highest BCUT2D eigenvalue weighted by Gasteiger charge is 2.24. The Hall–Kier alpha value is -5.34. The van der Waals surface area contributed by atoms with Gasteiger partial charge in [0.1, 0.15) is 0 Å². The largest absolute Gasteiger partial charge is 0.309 e. The zero-order valence-electron chi connectivity index (χ0n) is 22.9. The molecule has 0 aliphatic carbocycles. The fourth-order valence-corrected chi connectivity index (χ4v) is 6.82. The molecule has 0 radical (unpaired) electrons. The smallest absolute Gasteiger partial charge is 0.0626 e. The maximum atomic E-state index is 4.29. The summed E-state index contributed by atoms with van der Waals surface area (Å²) in [5.74, 6) is 0. The van der Waals surface area contributed by atoms with Crippen LogP contribution in [0.15, 0.2) is 134 Å². The summed E-state index contributed by atoms with van der Waals surface area (Å²) in [7, 11) is 0. The molecule has 0 fully saturated rings. The van der Waals surface area contributed by atoms with Gasteiger partial charge in [0.2, 0.25) is 0 Å². The molecule has 0 amide bonds. The van der Waals surface area contributed by atoms with Crippen LogP contribution in [0.1, 0.15) is 18.1 Å². The van der Waals surface area contributed by atoms with Crippen LogP contribution in [0.5, 0.6) is 0 Å². The van der Waals surface area contributed by atoms with Gasteiger partial charge in [0.25, 0.3) is 0 Å². The molecule has 0 N–H and O–H groups in total. The molecule has 0 bridgehead atoms. The third-order valence-corrected chi connectivity index (χ3v) is 8.37. The number of nitrogens with zero attached hydrogens (tertiary/aromatic N) is 2. The van der Waals surface area contributed by atoms with E-state index in [0.29, 0.717) is 0 Å². The molecule has 0 spiro atoms. The van der Waals surface area contributed by atoms with Crippen LogP contribution >= 0.6 is 0 Å². The topological polar surface area (TPSA) is 9.86 Å². The maximum Gasteiger partial charge on any atom is 0.0626 e. The summed E-state index contributed by atoms with van der Waals surface area (Å²) in [5, 5.41) is 7.50. The van der Waals surface area contributed by atoms with Crippen LogP contribution in [0.25, 0.3) is 77.9 Å². The number of hydrogen-bond donors (Lipinski definition) is 0. The highest BCUT2D eigenvalue weighted by atomic mass is 15.0. The lowest BCUT2D eigenvalue weighted by molar-refractivity contribution is 1.17. The third-order valence-electron chi connectivity index (χ3n) is 8.37. The monoisotopic (exact) mass is 524 g/mol. The molecule has 2 nitrogen and oxygen atoms in total. The highest BCUT2D eigenvalue weighted by Crippen LogP contribution is 2.46. The van der Waals surface area contributed by atoms with Crippen molar-refractivity contribution >= 4 is 66.5 Å². The summed E-state index contributed by atoms with van der Waals surface area (Å²) in [6.07, 6.45) is 6.43. The molecule has 8 aromatic rings. The van der Waals surface area contributed by atoms with E-state index in [-0.39, 0.29) is 0 Å². The van der Waals surface area contributed by atoms with Crippen molar-refractivity contribution in [3.63, 3.8) is 0 Å². The minimum absolute atomic E-state index is 1.15. The number of allylic oxidation sites excluding steroid dienone is 1. The average molecular weight is 525 g/mol. The van der Waals surface area contributed by atoms with Crippen molar-refractivity contribution < 1.29 is 0 Å². The quantitative estimate of drug-likeness (QED) is 0.217. The van der Waals surface area contributed by atoms with E-state index in [4.69, 9.17) is 0 Å². The Morgan fingerprint density at radius 3 is 1.71 bits per heavy atom. The summed E-state index contributed by atoms with van der Waals surface area (Å²) in [6.45, 7) is 6.39. The Kier molecular flexibility index (Phi) is 5.23. The van der Waals surface area contributed by atoms with Crippen LogP contribution in [0.4, 0.5) is 0 Å². The second-order valence-electron chi connectivity index (χ2n) is 10.5. The first kappa shape index (κ1) is 23.5. The molecule has 2 heterocycles. The van der Waals surface area contributed by atoms with Gasteiger partial charge < -0.3 is 9.13 Å². The predicted octanol–water partition coefficient (Wildman–Crippen LogP) is 10.7. The van der Waals surface area contributed by atoms with Gasteiger partial charge in [-0.25, -0.2) is 0 Å². The SMILES string of the molecule is C=Cc1c(/C=C\C)c2c3c4c5ccccc5n(-c5ccccc5)c4ccc3n(-c3ccccc3)c2c2ccccc12. The van der Waals surface area contributed by atoms with E-state index < -0.39 is 0 Å². The Balaban J connectivity index is 1.73. The second-order valence-corrected chi connectivity index (χ2v) is 10.5. The Morgan fingerprint density at radius 1 is 0.488 bits per heavy atom. The van der Waals surface area contributed by atoms with Crippen LogP contribution < -0.4 is 0 Å². The van der Waals surface area contributed by atoms with Gasteiger partial charge in [0, 0.05) is 38.3 Å². The van der Waals surface area contributed by atoms with Crippen molar-refractivity contribution in [2.24, 2.45) is 0 Å². The van der Waals surface area contributed by atoms with E-state index in [1.807, 2.05) is 6.08 Å². The number of para-hydroxylation sites is 3. The fourth-order valence-electron chi connectivity index (χ4n) is 6.82. The zero-order chi connectivity index (χ0) is 27.5. The van der Waals surface area contributed by atoms with Gasteiger partial charge in [-0.1, -0.05) is 104 Å². The molecule has 0 aliphatic heterocycles. The lowest BCUT2D eigenvalue weighted by atomic mass is 9.92. The van der Waals surface area contributed by atoms with Gasteiger partial charge in [-0.05, 0) is 65.9 Å². The average Bonchev–Trinajstić information content (AvgIpc) is 3.55. The van der Waals surface area contributed by atoms with Gasteiger partial charge in [0.15, 0.2) is 0 Å². The molecule has 0 aliphatic rings. The molecule has 0 saturated carbocycles. The first-order chi connectivity index (χ1) is 20.3. The summed E-state index contributed by atoms with van der Waals surface area (Å²) < 4.78 is 4.86. The first-order valence-corrected chi connectivity index (χ1v) is 14.1. The van der Waals surface area contributed by atoms with Crippen LogP contribution in [-0.4, -0.2) is 9.13 Å². The van der Waals surface area contributed by atoms with E-state index in [1.165, 1.54) is 65.5 Å². The molecule has 8 rings (SSSR count). The van der Waals surface area contributed by atoms with Gasteiger partial charge in [0.05, 0.1) is 22.1 Å². The number of fused-ring (bicyclic) bond motifs is 9. The van der Waals surface area contributed by atoms with E-state index in [0.717, 1.165) is 11.4 Å². The van der Waals surface area contributed by atoms with E-state index in [9.17, 15) is 0 Å². The molecular weight excluding hydrogens is 496 g/mol. The van der Waals surface area contributed by atoms with Crippen molar-refractivity contribution in [3.05, 3.63) is 145 Å². The fraction of sp³-hybridized carbons (Fsp3) is 0.0256. The number of aromatic nitrogens is 2. The minimum Gasteiger partial charge on any atom is -0.309 e. The summed E-state index contributed by atoms with van der Waals surface area (Å²) in [4.78, 5) is 0. The van der Waals surface area contributed by atoms with Crippen LogP contribution in [-0.2, 0) is 0 Å².